The number of benzene rings is 2. The minimum absolute atomic E-state index is 0.0614. The maximum atomic E-state index is 12.1. The second-order valence-corrected chi connectivity index (χ2v) is 4.17. The van der Waals surface area contributed by atoms with E-state index < -0.39 is 0 Å². The molecule has 0 atom stereocenters. The Morgan fingerprint density at radius 2 is 1.65 bits per heavy atom. The maximum Gasteiger partial charge on any atom is 0.251 e. The van der Waals surface area contributed by atoms with E-state index >= 15 is 0 Å². The van der Waals surface area contributed by atoms with Crippen molar-refractivity contribution in [1.29, 1.82) is 0 Å². The third-order valence-corrected chi connectivity index (χ3v) is 2.85. The first-order valence-corrected chi connectivity index (χ1v) is 6.22. The Labute approximate surface area is 117 Å². The summed E-state index contributed by atoms with van der Waals surface area (Å²) in [7, 11) is 1.51. The molecule has 2 rings (SSSR count). The van der Waals surface area contributed by atoms with Gasteiger partial charge in [0.05, 0.1) is 19.2 Å². The number of para-hydroxylation sites is 1. The monoisotopic (exact) mass is 269 g/mol. The van der Waals surface area contributed by atoms with Crippen LogP contribution in [0.2, 0.25) is 0 Å². The van der Waals surface area contributed by atoms with Gasteiger partial charge in [-0.2, -0.15) is 0 Å². The van der Waals surface area contributed by atoms with E-state index in [0.29, 0.717) is 16.9 Å². The number of carbonyl (C=O) groups is 2. The number of hydrogen-bond acceptors (Lipinski definition) is 3. The fraction of sp³-hybridized carbons (Fsp3) is 0.125. The lowest BCUT2D eigenvalue weighted by atomic mass is 10.1. The van der Waals surface area contributed by atoms with Crippen LogP contribution in [0.15, 0.2) is 54.6 Å². The van der Waals surface area contributed by atoms with E-state index in [2.05, 4.69) is 5.32 Å². The molecule has 0 aliphatic heterocycles. The molecule has 2 aromatic carbocycles. The van der Waals surface area contributed by atoms with Gasteiger partial charge in [-0.3, -0.25) is 9.59 Å². The van der Waals surface area contributed by atoms with E-state index in [0.717, 1.165) is 0 Å². The smallest absolute Gasteiger partial charge is 0.251 e. The number of ketones is 1. The van der Waals surface area contributed by atoms with Gasteiger partial charge in [-0.05, 0) is 24.3 Å². The molecule has 0 aliphatic carbocycles. The van der Waals surface area contributed by atoms with E-state index in [4.69, 9.17) is 4.74 Å². The van der Waals surface area contributed by atoms with Gasteiger partial charge in [-0.1, -0.05) is 30.3 Å². The third kappa shape index (κ3) is 3.23. The Bertz CT molecular complexity index is 608. The summed E-state index contributed by atoms with van der Waals surface area (Å²) in [6.07, 6.45) is 0. The average Bonchev–Trinajstić information content (AvgIpc) is 2.53. The molecule has 0 saturated heterocycles. The minimum atomic E-state index is -0.270. The number of carbonyl (C=O) groups excluding carboxylic acids is 2. The van der Waals surface area contributed by atoms with Crippen molar-refractivity contribution in [2.24, 2.45) is 0 Å². The lowest BCUT2D eigenvalue weighted by molar-refractivity contribution is 0.0903. The van der Waals surface area contributed by atoms with Crippen LogP contribution in [0.3, 0.4) is 0 Å². The van der Waals surface area contributed by atoms with Crippen LogP contribution < -0.4 is 10.1 Å². The van der Waals surface area contributed by atoms with Gasteiger partial charge in [-0.25, -0.2) is 0 Å². The van der Waals surface area contributed by atoms with E-state index in [1.54, 1.807) is 48.5 Å². The molecule has 0 saturated carbocycles. The Kier molecular flexibility index (Phi) is 4.50. The van der Waals surface area contributed by atoms with Crippen molar-refractivity contribution < 1.29 is 14.3 Å². The van der Waals surface area contributed by atoms with Crippen molar-refractivity contribution in [3.05, 3.63) is 65.7 Å². The van der Waals surface area contributed by atoms with Gasteiger partial charge < -0.3 is 10.1 Å². The molecule has 0 spiro atoms. The molecular formula is C16H15NO3. The number of ether oxygens (including phenoxy) is 1. The van der Waals surface area contributed by atoms with E-state index in [1.165, 1.54) is 7.11 Å². The number of hydrogen-bond donors (Lipinski definition) is 1. The number of nitrogens with one attached hydrogen (secondary N) is 1. The first-order valence-electron chi connectivity index (χ1n) is 6.22. The van der Waals surface area contributed by atoms with Crippen LogP contribution in [-0.4, -0.2) is 25.3 Å². The number of Topliss-reactive ketones (excluding diaryl/α,β-unsaturated/α-hetero) is 1. The molecule has 0 heterocycles. The average molecular weight is 269 g/mol. The standard InChI is InChI=1S/C16H15NO3/c1-20-15-10-6-5-9-13(15)14(18)11-17-16(19)12-7-3-2-4-8-12/h2-10H,11H2,1H3,(H,17,19). The van der Waals surface area contributed by atoms with Crippen molar-refractivity contribution in [3.8, 4) is 5.75 Å². The highest BCUT2D eigenvalue weighted by atomic mass is 16.5. The molecule has 1 amide bonds. The summed E-state index contributed by atoms with van der Waals surface area (Å²) in [5.74, 6) is 0.0482. The zero-order valence-corrected chi connectivity index (χ0v) is 11.1. The lowest BCUT2D eigenvalue weighted by Gasteiger charge is -2.08. The summed E-state index contributed by atoms with van der Waals surface area (Å²) < 4.78 is 5.12. The summed E-state index contributed by atoms with van der Waals surface area (Å²) in [6, 6.07) is 15.7. The molecule has 0 bridgehead atoms. The highest BCUT2D eigenvalue weighted by Crippen LogP contribution is 2.17. The van der Waals surface area contributed by atoms with Crippen LogP contribution in [0.1, 0.15) is 20.7 Å². The predicted octanol–water partition coefficient (Wildman–Crippen LogP) is 2.31. The molecule has 20 heavy (non-hydrogen) atoms. The summed E-state index contributed by atoms with van der Waals surface area (Å²) >= 11 is 0. The fourth-order valence-corrected chi connectivity index (χ4v) is 1.82. The minimum Gasteiger partial charge on any atom is -0.496 e. The van der Waals surface area contributed by atoms with Crippen molar-refractivity contribution in [3.63, 3.8) is 0 Å². The molecule has 0 unspecified atom stereocenters. The van der Waals surface area contributed by atoms with Crippen molar-refractivity contribution in [2.75, 3.05) is 13.7 Å². The van der Waals surface area contributed by atoms with Crippen LogP contribution in [0.4, 0.5) is 0 Å². The van der Waals surface area contributed by atoms with Crippen LogP contribution in [0.5, 0.6) is 5.75 Å². The van der Waals surface area contributed by atoms with Crippen LogP contribution in [0.25, 0.3) is 0 Å². The Balaban J connectivity index is 2.01. The van der Waals surface area contributed by atoms with Crippen molar-refractivity contribution in [2.45, 2.75) is 0 Å². The number of methoxy groups -OCH3 is 1. The lowest BCUT2D eigenvalue weighted by Crippen LogP contribution is -2.29. The Morgan fingerprint density at radius 3 is 2.35 bits per heavy atom. The van der Waals surface area contributed by atoms with Crippen LogP contribution in [-0.2, 0) is 0 Å². The Hall–Kier alpha value is -2.62. The molecule has 0 aromatic heterocycles. The Morgan fingerprint density at radius 1 is 1.00 bits per heavy atom. The molecule has 1 N–H and O–H groups in total. The first kappa shape index (κ1) is 13.8. The van der Waals surface area contributed by atoms with Gasteiger partial charge in [0.2, 0.25) is 0 Å². The molecule has 2 aromatic rings. The molecule has 4 nitrogen and oxygen atoms in total. The van der Waals surface area contributed by atoms with Gasteiger partial charge >= 0.3 is 0 Å². The molecule has 0 fully saturated rings. The summed E-state index contributed by atoms with van der Waals surface area (Å²) in [4.78, 5) is 23.9. The molecule has 0 radical (unpaired) electrons. The highest BCUT2D eigenvalue weighted by molar-refractivity contribution is 6.03. The van der Waals surface area contributed by atoms with Crippen LogP contribution >= 0.6 is 0 Å². The van der Waals surface area contributed by atoms with E-state index in [9.17, 15) is 9.59 Å². The van der Waals surface area contributed by atoms with Gasteiger partial charge in [0.25, 0.3) is 5.91 Å². The first-order chi connectivity index (χ1) is 9.72. The predicted molar refractivity (Wildman–Crippen MR) is 76.1 cm³/mol. The second-order valence-electron chi connectivity index (χ2n) is 4.17. The van der Waals surface area contributed by atoms with Gasteiger partial charge in [-0.15, -0.1) is 0 Å². The molecular weight excluding hydrogens is 254 g/mol. The van der Waals surface area contributed by atoms with E-state index in [-0.39, 0.29) is 18.2 Å². The normalized spacial score (nSPS) is 9.85. The van der Waals surface area contributed by atoms with Crippen molar-refractivity contribution >= 4 is 11.7 Å². The quantitative estimate of drug-likeness (QED) is 0.847. The van der Waals surface area contributed by atoms with Gasteiger partial charge in [0.15, 0.2) is 5.78 Å². The summed E-state index contributed by atoms with van der Waals surface area (Å²) in [5, 5.41) is 2.60. The number of rotatable bonds is 5. The molecule has 102 valence electrons. The van der Waals surface area contributed by atoms with E-state index in [1.807, 2.05) is 6.07 Å². The zero-order chi connectivity index (χ0) is 14.4. The maximum absolute atomic E-state index is 12.1. The molecule has 4 heteroatoms. The second kappa shape index (κ2) is 6.52. The van der Waals surface area contributed by atoms with Gasteiger partial charge in [0.1, 0.15) is 5.75 Å². The summed E-state index contributed by atoms with van der Waals surface area (Å²) in [6.45, 7) is -0.0614. The third-order valence-electron chi connectivity index (χ3n) is 2.85. The largest absolute Gasteiger partial charge is 0.496 e. The van der Waals surface area contributed by atoms with Crippen molar-refractivity contribution in [1.82, 2.24) is 5.32 Å². The fourth-order valence-electron chi connectivity index (χ4n) is 1.82. The topological polar surface area (TPSA) is 55.4 Å². The SMILES string of the molecule is COc1ccccc1C(=O)CNC(=O)c1ccccc1. The highest BCUT2D eigenvalue weighted by Gasteiger charge is 2.13. The van der Waals surface area contributed by atoms with Gasteiger partial charge in [0, 0.05) is 5.56 Å². The molecule has 0 aliphatic rings. The van der Waals surface area contributed by atoms with Crippen LogP contribution in [0, 0.1) is 0 Å². The summed E-state index contributed by atoms with van der Waals surface area (Å²) in [5.41, 5.74) is 0.990. The zero-order valence-electron chi connectivity index (χ0n) is 11.1. The number of amides is 1.